The highest BCUT2D eigenvalue weighted by Crippen LogP contribution is 2.44. The predicted molar refractivity (Wildman–Crippen MR) is 82.1 cm³/mol. The molecule has 3 nitrogen and oxygen atoms in total. The summed E-state index contributed by atoms with van der Waals surface area (Å²) in [5.41, 5.74) is 1.80. The summed E-state index contributed by atoms with van der Waals surface area (Å²) in [7, 11) is 0. The van der Waals surface area contributed by atoms with E-state index in [-0.39, 0.29) is 0 Å². The fourth-order valence-electron chi connectivity index (χ4n) is 3.65. The van der Waals surface area contributed by atoms with Crippen LogP contribution < -0.4 is 10.2 Å². The van der Waals surface area contributed by atoms with E-state index in [1.807, 2.05) is 11.3 Å². The van der Waals surface area contributed by atoms with Gasteiger partial charge in [-0.3, -0.25) is 0 Å². The van der Waals surface area contributed by atoms with Crippen molar-refractivity contribution in [2.24, 2.45) is 11.3 Å². The van der Waals surface area contributed by atoms with E-state index >= 15 is 0 Å². The van der Waals surface area contributed by atoms with Crippen molar-refractivity contribution in [3.63, 3.8) is 0 Å². The minimum atomic E-state index is 0.600. The van der Waals surface area contributed by atoms with Gasteiger partial charge >= 0.3 is 0 Å². The molecule has 3 heterocycles. The summed E-state index contributed by atoms with van der Waals surface area (Å²) in [6.07, 6.45) is 4.06. The Hall–Kier alpha value is -0.610. The molecule has 0 saturated carbocycles. The number of aryl methyl sites for hydroxylation is 2. The van der Waals surface area contributed by atoms with Gasteiger partial charge in [0.2, 0.25) is 0 Å². The summed E-state index contributed by atoms with van der Waals surface area (Å²) in [6, 6.07) is 0. The molecular formula is C15H25N3S. The Bertz CT molecular complexity index is 429. The van der Waals surface area contributed by atoms with Crippen LogP contribution in [0.3, 0.4) is 0 Å². The predicted octanol–water partition coefficient (Wildman–Crippen LogP) is 2.98. The van der Waals surface area contributed by atoms with Crippen LogP contribution >= 0.6 is 11.3 Å². The quantitative estimate of drug-likeness (QED) is 0.856. The SMILES string of the molecule is Cc1nc(N2CCC3(CCNCC3)C(C)C2)sc1C. The van der Waals surface area contributed by atoms with Gasteiger partial charge in [0.1, 0.15) is 0 Å². The van der Waals surface area contributed by atoms with E-state index in [0.717, 1.165) is 5.92 Å². The van der Waals surface area contributed by atoms with Crippen LogP contribution in [0, 0.1) is 25.2 Å². The fourth-order valence-corrected chi connectivity index (χ4v) is 4.60. The molecule has 2 aliphatic heterocycles. The molecule has 1 N–H and O–H groups in total. The van der Waals surface area contributed by atoms with E-state index in [1.54, 1.807) is 0 Å². The van der Waals surface area contributed by atoms with Gasteiger partial charge in [0.25, 0.3) is 0 Å². The van der Waals surface area contributed by atoms with E-state index in [9.17, 15) is 0 Å². The van der Waals surface area contributed by atoms with Crippen molar-refractivity contribution < 1.29 is 0 Å². The number of rotatable bonds is 1. The van der Waals surface area contributed by atoms with Gasteiger partial charge in [-0.15, -0.1) is 11.3 Å². The first kappa shape index (κ1) is 13.4. The van der Waals surface area contributed by atoms with Gasteiger partial charge in [0.05, 0.1) is 5.69 Å². The van der Waals surface area contributed by atoms with E-state index in [1.165, 1.54) is 61.1 Å². The molecule has 1 aromatic rings. The van der Waals surface area contributed by atoms with Gasteiger partial charge in [-0.2, -0.15) is 0 Å². The van der Waals surface area contributed by atoms with Crippen molar-refractivity contribution in [1.29, 1.82) is 0 Å². The number of hydrogen-bond acceptors (Lipinski definition) is 4. The van der Waals surface area contributed by atoms with Crippen LogP contribution in [-0.2, 0) is 0 Å². The number of nitrogens with one attached hydrogen (secondary N) is 1. The molecule has 19 heavy (non-hydrogen) atoms. The van der Waals surface area contributed by atoms with E-state index in [0.29, 0.717) is 5.41 Å². The lowest BCUT2D eigenvalue weighted by Gasteiger charge is -2.49. The molecule has 0 aliphatic carbocycles. The zero-order valence-electron chi connectivity index (χ0n) is 12.3. The molecule has 2 saturated heterocycles. The Morgan fingerprint density at radius 1 is 1.26 bits per heavy atom. The molecule has 0 bridgehead atoms. The zero-order valence-corrected chi connectivity index (χ0v) is 13.1. The largest absolute Gasteiger partial charge is 0.348 e. The fraction of sp³-hybridized carbons (Fsp3) is 0.800. The van der Waals surface area contributed by atoms with Crippen molar-refractivity contribution >= 4 is 16.5 Å². The minimum Gasteiger partial charge on any atom is -0.348 e. The Balaban J connectivity index is 1.73. The van der Waals surface area contributed by atoms with Crippen LogP contribution in [0.1, 0.15) is 36.8 Å². The van der Waals surface area contributed by atoms with Gasteiger partial charge < -0.3 is 10.2 Å². The van der Waals surface area contributed by atoms with Crippen LogP contribution in [0.5, 0.6) is 0 Å². The van der Waals surface area contributed by atoms with Crippen LogP contribution in [0.15, 0.2) is 0 Å². The Morgan fingerprint density at radius 3 is 2.58 bits per heavy atom. The van der Waals surface area contributed by atoms with Crippen molar-refractivity contribution in [3.8, 4) is 0 Å². The molecule has 1 aromatic heterocycles. The molecule has 4 heteroatoms. The van der Waals surface area contributed by atoms with Gasteiger partial charge in [-0.05, 0) is 57.5 Å². The van der Waals surface area contributed by atoms with Gasteiger partial charge in [0, 0.05) is 18.0 Å². The number of aromatic nitrogens is 1. The molecule has 0 radical (unpaired) electrons. The smallest absolute Gasteiger partial charge is 0.185 e. The van der Waals surface area contributed by atoms with Gasteiger partial charge in [-0.25, -0.2) is 4.98 Å². The maximum atomic E-state index is 4.73. The maximum absolute atomic E-state index is 4.73. The molecule has 0 aromatic carbocycles. The Morgan fingerprint density at radius 2 is 2.00 bits per heavy atom. The van der Waals surface area contributed by atoms with Crippen molar-refractivity contribution in [2.45, 2.75) is 40.0 Å². The maximum Gasteiger partial charge on any atom is 0.185 e. The van der Waals surface area contributed by atoms with Crippen LogP contribution in [0.25, 0.3) is 0 Å². The third kappa shape index (κ3) is 2.40. The van der Waals surface area contributed by atoms with Gasteiger partial charge in [-0.1, -0.05) is 6.92 Å². The molecule has 1 unspecified atom stereocenters. The van der Waals surface area contributed by atoms with Crippen LogP contribution in [0.4, 0.5) is 5.13 Å². The second-order valence-electron chi connectivity index (χ2n) is 6.35. The average Bonchev–Trinajstić information content (AvgIpc) is 2.74. The number of anilines is 1. The monoisotopic (exact) mass is 279 g/mol. The van der Waals surface area contributed by atoms with Crippen LogP contribution in [-0.4, -0.2) is 31.2 Å². The second kappa shape index (κ2) is 5.06. The summed E-state index contributed by atoms with van der Waals surface area (Å²) >= 11 is 1.86. The summed E-state index contributed by atoms with van der Waals surface area (Å²) in [5.74, 6) is 0.785. The molecule has 1 atom stereocenters. The molecule has 106 valence electrons. The third-order valence-corrected chi connectivity index (χ3v) is 6.44. The van der Waals surface area contributed by atoms with E-state index < -0.39 is 0 Å². The average molecular weight is 279 g/mol. The topological polar surface area (TPSA) is 28.2 Å². The molecule has 1 spiro atoms. The molecular weight excluding hydrogens is 254 g/mol. The number of nitrogens with zero attached hydrogens (tertiary/aromatic N) is 2. The summed E-state index contributed by atoms with van der Waals surface area (Å²) in [5, 5.41) is 4.75. The Labute approximate surface area is 120 Å². The van der Waals surface area contributed by atoms with Crippen LogP contribution in [0.2, 0.25) is 0 Å². The lowest BCUT2D eigenvalue weighted by atomic mass is 9.65. The number of thiazole rings is 1. The normalized spacial score (nSPS) is 26.9. The molecule has 0 amide bonds. The minimum absolute atomic E-state index is 0.600. The highest BCUT2D eigenvalue weighted by atomic mass is 32.1. The summed E-state index contributed by atoms with van der Waals surface area (Å²) in [6.45, 7) is 11.5. The first-order valence-electron chi connectivity index (χ1n) is 7.50. The highest BCUT2D eigenvalue weighted by molar-refractivity contribution is 7.15. The molecule has 2 aliphatic rings. The summed E-state index contributed by atoms with van der Waals surface area (Å²) < 4.78 is 0. The van der Waals surface area contributed by atoms with E-state index in [4.69, 9.17) is 4.98 Å². The van der Waals surface area contributed by atoms with E-state index in [2.05, 4.69) is 31.0 Å². The lowest BCUT2D eigenvalue weighted by molar-refractivity contribution is 0.0897. The van der Waals surface area contributed by atoms with Crippen molar-refractivity contribution in [2.75, 3.05) is 31.1 Å². The standard InChI is InChI=1S/C15H25N3S/c1-11-10-18(14-17-12(2)13(3)19-14)9-6-15(11)4-7-16-8-5-15/h11,16H,4-10H2,1-3H3. The molecule has 3 rings (SSSR count). The number of piperidine rings is 2. The van der Waals surface area contributed by atoms with Gasteiger partial charge in [0.15, 0.2) is 5.13 Å². The first-order valence-corrected chi connectivity index (χ1v) is 8.32. The summed E-state index contributed by atoms with van der Waals surface area (Å²) in [4.78, 5) is 8.62. The third-order valence-electron chi connectivity index (χ3n) is 5.31. The Kier molecular flexibility index (Phi) is 3.56. The first-order chi connectivity index (χ1) is 9.11. The number of hydrogen-bond donors (Lipinski definition) is 1. The zero-order chi connectivity index (χ0) is 13.5. The van der Waals surface area contributed by atoms with Crippen molar-refractivity contribution in [1.82, 2.24) is 10.3 Å². The van der Waals surface area contributed by atoms with Crippen molar-refractivity contribution in [3.05, 3.63) is 10.6 Å². The molecule has 2 fully saturated rings. The second-order valence-corrected chi connectivity index (χ2v) is 7.53. The highest BCUT2D eigenvalue weighted by Gasteiger charge is 2.41. The lowest BCUT2D eigenvalue weighted by Crippen LogP contribution is -2.50.